The van der Waals surface area contributed by atoms with Crippen LogP contribution in [-0.2, 0) is 10.2 Å². The summed E-state index contributed by atoms with van der Waals surface area (Å²) < 4.78 is 28.0. The largest absolute Gasteiger partial charge is 0.318 e. The van der Waals surface area contributed by atoms with Crippen LogP contribution in [0.1, 0.15) is 25.7 Å². The third-order valence-electron chi connectivity index (χ3n) is 3.67. The molecule has 2 rings (SSSR count). The summed E-state index contributed by atoms with van der Waals surface area (Å²) in [7, 11) is 0.344. The van der Waals surface area contributed by atoms with E-state index in [1.54, 1.807) is 15.7 Å². The van der Waals surface area contributed by atoms with Crippen molar-refractivity contribution >= 4 is 22.6 Å². The van der Waals surface area contributed by atoms with Gasteiger partial charge in [-0.1, -0.05) is 0 Å². The van der Waals surface area contributed by atoms with E-state index in [2.05, 4.69) is 5.32 Å². The summed E-state index contributed by atoms with van der Waals surface area (Å²) in [5, 5.41) is 3.08. The van der Waals surface area contributed by atoms with Gasteiger partial charge in [-0.05, 0) is 38.6 Å². The summed E-state index contributed by atoms with van der Waals surface area (Å²) in [6.07, 6.45) is 4.31. The van der Waals surface area contributed by atoms with Crippen molar-refractivity contribution in [1.82, 2.24) is 13.9 Å². The SMILES string of the molecule is CNCC1CCCN1S(=O)(=O)N(C)CC1CC1.Cl. The third kappa shape index (κ3) is 3.57. The van der Waals surface area contributed by atoms with Crippen LogP contribution in [0.3, 0.4) is 0 Å². The Labute approximate surface area is 116 Å². The van der Waals surface area contributed by atoms with Crippen molar-refractivity contribution in [3.8, 4) is 0 Å². The van der Waals surface area contributed by atoms with Crippen molar-refractivity contribution in [3.63, 3.8) is 0 Å². The highest BCUT2D eigenvalue weighted by Crippen LogP contribution is 2.31. The monoisotopic (exact) mass is 297 g/mol. The molecule has 1 atom stereocenters. The molecule has 0 amide bonds. The molecule has 1 N–H and O–H groups in total. The van der Waals surface area contributed by atoms with Crippen LogP contribution in [0, 0.1) is 5.92 Å². The first-order valence-electron chi connectivity index (χ1n) is 6.43. The third-order valence-corrected chi connectivity index (χ3v) is 5.68. The topological polar surface area (TPSA) is 52.7 Å². The molecule has 7 heteroatoms. The lowest BCUT2D eigenvalue weighted by Gasteiger charge is -2.28. The Bertz CT molecular complexity index is 359. The molecule has 0 bridgehead atoms. The Kier molecular flexibility index (Phi) is 5.86. The van der Waals surface area contributed by atoms with Crippen LogP contribution >= 0.6 is 12.4 Å². The lowest BCUT2D eigenvalue weighted by molar-refractivity contribution is 0.334. The lowest BCUT2D eigenvalue weighted by Crippen LogP contribution is -2.47. The van der Waals surface area contributed by atoms with E-state index in [0.717, 1.165) is 19.4 Å². The highest BCUT2D eigenvalue weighted by Gasteiger charge is 2.38. The fraction of sp³-hybridized carbons (Fsp3) is 1.00. The number of likely N-dealkylation sites (N-methyl/N-ethyl adjacent to an activating group) is 1. The molecule has 0 aromatic rings. The maximum atomic E-state index is 12.4. The van der Waals surface area contributed by atoms with Gasteiger partial charge in [-0.15, -0.1) is 12.4 Å². The number of nitrogens with one attached hydrogen (secondary N) is 1. The van der Waals surface area contributed by atoms with Crippen LogP contribution in [0.25, 0.3) is 0 Å². The van der Waals surface area contributed by atoms with Crippen LogP contribution in [0.2, 0.25) is 0 Å². The summed E-state index contributed by atoms with van der Waals surface area (Å²) in [5.41, 5.74) is 0. The molecule has 0 aromatic heterocycles. The molecule has 2 fully saturated rings. The smallest absolute Gasteiger partial charge is 0.282 e. The summed E-state index contributed by atoms with van der Waals surface area (Å²) in [6.45, 7) is 2.10. The van der Waals surface area contributed by atoms with Crippen LogP contribution in [0.5, 0.6) is 0 Å². The van der Waals surface area contributed by atoms with Gasteiger partial charge in [0.1, 0.15) is 0 Å². The fourth-order valence-corrected chi connectivity index (χ4v) is 4.16. The van der Waals surface area contributed by atoms with E-state index in [1.807, 2.05) is 7.05 Å². The summed E-state index contributed by atoms with van der Waals surface area (Å²) in [4.78, 5) is 0. The van der Waals surface area contributed by atoms with Gasteiger partial charge in [0.15, 0.2) is 0 Å². The molecule has 0 aromatic carbocycles. The number of hydrogen-bond acceptors (Lipinski definition) is 3. The minimum Gasteiger partial charge on any atom is -0.318 e. The normalized spacial score (nSPS) is 25.4. The van der Waals surface area contributed by atoms with Gasteiger partial charge in [0.05, 0.1) is 0 Å². The quantitative estimate of drug-likeness (QED) is 0.784. The van der Waals surface area contributed by atoms with Crippen molar-refractivity contribution in [3.05, 3.63) is 0 Å². The number of nitrogens with zero attached hydrogens (tertiary/aromatic N) is 2. The lowest BCUT2D eigenvalue weighted by atomic mass is 10.2. The highest BCUT2D eigenvalue weighted by molar-refractivity contribution is 7.86. The predicted molar refractivity (Wildman–Crippen MR) is 75.2 cm³/mol. The number of rotatable bonds is 6. The van der Waals surface area contributed by atoms with Gasteiger partial charge in [0, 0.05) is 32.7 Å². The molecular formula is C11H24ClN3O2S. The van der Waals surface area contributed by atoms with Crippen LogP contribution in [0.4, 0.5) is 0 Å². The van der Waals surface area contributed by atoms with E-state index in [9.17, 15) is 8.42 Å². The second-order valence-electron chi connectivity index (χ2n) is 5.20. The Morgan fingerprint density at radius 3 is 2.56 bits per heavy atom. The molecule has 2 aliphatic rings. The minimum atomic E-state index is -3.24. The zero-order chi connectivity index (χ0) is 12.5. The van der Waals surface area contributed by atoms with Gasteiger partial charge in [0.25, 0.3) is 10.2 Å². The molecule has 1 aliphatic heterocycles. The Morgan fingerprint density at radius 2 is 2.00 bits per heavy atom. The zero-order valence-corrected chi connectivity index (χ0v) is 12.8. The van der Waals surface area contributed by atoms with Crippen molar-refractivity contribution in [2.24, 2.45) is 5.92 Å². The van der Waals surface area contributed by atoms with Crippen molar-refractivity contribution < 1.29 is 8.42 Å². The van der Waals surface area contributed by atoms with E-state index in [-0.39, 0.29) is 18.4 Å². The molecule has 108 valence electrons. The van der Waals surface area contributed by atoms with E-state index < -0.39 is 10.2 Å². The van der Waals surface area contributed by atoms with Gasteiger partial charge >= 0.3 is 0 Å². The maximum absolute atomic E-state index is 12.4. The van der Waals surface area contributed by atoms with Crippen LogP contribution in [0.15, 0.2) is 0 Å². The molecular weight excluding hydrogens is 274 g/mol. The molecule has 1 heterocycles. The van der Waals surface area contributed by atoms with Gasteiger partial charge < -0.3 is 5.32 Å². The molecule has 0 spiro atoms. The van der Waals surface area contributed by atoms with Crippen molar-refractivity contribution in [2.45, 2.75) is 31.7 Å². The first kappa shape index (κ1) is 16.2. The summed E-state index contributed by atoms with van der Waals surface area (Å²) in [5.74, 6) is 0.597. The number of halogens is 1. The predicted octanol–water partition coefficient (Wildman–Crippen LogP) is 0.679. The standard InChI is InChI=1S/C11H23N3O2S.ClH/c1-12-8-11-4-3-7-14(11)17(15,16)13(2)9-10-5-6-10;/h10-12H,3-9H2,1-2H3;1H. The average molecular weight is 298 g/mol. The van der Waals surface area contributed by atoms with Gasteiger partial charge in [0.2, 0.25) is 0 Å². The number of hydrogen-bond donors (Lipinski definition) is 1. The molecule has 1 saturated carbocycles. The Morgan fingerprint density at radius 1 is 1.33 bits per heavy atom. The molecule has 1 unspecified atom stereocenters. The van der Waals surface area contributed by atoms with E-state index in [0.29, 0.717) is 19.0 Å². The van der Waals surface area contributed by atoms with Gasteiger partial charge in [-0.3, -0.25) is 0 Å². The van der Waals surface area contributed by atoms with E-state index in [1.165, 1.54) is 12.8 Å². The minimum absolute atomic E-state index is 0. The summed E-state index contributed by atoms with van der Waals surface area (Å²) >= 11 is 0. The zero-order valence-electron chi connectivity index (χ0n) is 11.1. The second-order valence-corrected chi connectivity index (χ2v) is 7.18. The molecule has 18 heavy (non-hydrogen) atoms. The first-order chi connectivity index (χ1) is 8.05. The molecule has 1 saturated heterocycles. The van der Waals surface area contributed by atoms with Gasteiger partial charge in [-0.2, -0.15) is 17.0 Å². The van der Waals surface area contributed by atoms with Crippen molar-refractivity contribution in [1.29, 1.82) is 0 Å². The van der Waals surface area contributed by atoms with Gasteiger partial charge in [-0.25, -0.2) is 0 Å². The molecule has 0 radical (unpaired) electrons. The Balaban J connectivity index is 0.00000162. The van der Waals surface area contributed by atoms with Crippen molar-refractivity contribution in [2.75, 3.05) is 33.7 Å². The van der Waals surface area contributed by atoms with E-state index >= 15 is 0 Å². The first-order valence-corrected chi connectivity index (χ1v) is 7.83. The Hall–Kier alpha value is 0.120. The highest BCUT2D eigenvalue weighted by atomic mass is 35.5. The average Bonchev–Trinajstić information content (AvgIpc) is 2.95. The van der Waals surface area contributed by atoms with E-state index in [4.69, 9.17) is 0 Å². The maximum Gasteiger partial charge on any atom is 0.282 e. The van der Waals surface area contributed by atoms with Crippen LogP contribution in [-0.4, -0.2) is 56.8 Å². The molecule has 5 nitrogen and oxygen atoms in total. The van der Waals surface area contributed by atoms with Crippen LogP contribution < -0.4 is 5.32 Å². The molecule has 1 aliphatic carbocycles. The second kappa shape index (κ2) is 6.52. The fourth-order valence-electron chi connectivity index (χ4n) is 2.49. The summed E-state index contributed by atoms with van der Waals surface area (Å²) in [6, 6.07) is 0.131.